The summed E-state index contributed by atoms with van der Waals surface area (Å²) in [4.78, 5) is 26.0. The van der Waals surface area contributed by atoms with Crippen LogP contribution in [0.1, 0.15) is 19.8 Å². The molecule has 6 heteroatoms. The normalized spacial score (nSPS) is 28.6. The summed E-state index contributed by atoms with van der Waals surface area (Å²) < 4.78 is 0.967. The second kappa shape index (κ2) is 5.07. The molecule has 2 amide bonds. The maximum Gasteiger partial charge on any atom is 0.248 e. The molecule has 1 aromatic carbocycles. The second-order valence-corrected chi connectivity index (χ2v) is 7.68. The van der Waals surface area contributed by atoms with Gasteiger partial charge >= 0.3 is 0 Å². The summed E-state index contributed by atoms with van der Waals surface area (Å²) in [5.41, 5.74) is 0.753. The number of benzene rings is 1. The molecule has 0 aliphatic carbocycles. The van der Waals surface area contributed by atoms with Crippen molar-refractivity contribution in [2.75, 3.05) is 11.1 Å². The summed E-state index contributed by atoms with van der Waals surface area (Å²) in [6.45, 7) is 2.05. The van der Waals surface area contributed by atoms with Crippen LogP contribution in [-0.2, 0) is 9.59 Å². The van der Waals surface area contributed by atoms with E-state index >= 15 is 0 Å². The van der Waals surface area contributed by atoms with Gasteiger partial charge in [-0.1, -0.05) is 15.9 Å². The molecule has 106 valence electrons. The van der Waals surface area contributed by atoms with Gasteiger partial charge in [-0.25, -0.2) is 0 Å². The summed E-state index contributed by atoms with van der Waals surface area (Å²) >= 11 is 5.07. The van der Waals surface area contributed by atoms with Gasteiger partial charge in [-0.3, -0.25) is 9.59 Å². The molecule has 4 nitrogen and oxygen atoms in total. The third kappa shape index (κ3) is 2.35. The van der Waals surface area contributed by atoms with Crippen LogP contribution in [0.4, 0.5) is 5.69 Å². The topological polar surface area (TPSA) is 49.4 Å². The first-order chi connectivity index (χ1) is 9.49. The number of hydrogen-bond acceptors (Lipinski definition) is 3. The molecule has 0 aromatic heterocycles. The van der Waals surface area contributed by atoms with Crippen LogP contribution in [-0.4, -0.2) is 33.4 Å². The predicted octanol–water partition coefficient (Wildman–Crippen LogP) is 2.84. The fourth-order valence-electron chi connectivity index (χ4n) is 2.77. The molecule has 0 spiro atoms. The van der Waals surface area contributed by atoms with Crippen molar-refractivity contribution < 1.29 is 9.59 Å². The van der Waals surface area contributed by atoms with Crippen molar-refractivity contribution in [1.29, 1.82) is 0 Å². The van der Waals surface area contributed by atoms with Gasteiger partial charge in [0.2, 0.25) is 11.8 Å². The van der Waals surface area contributed by atoms with Crippen LogP contribution < -0.4 is 5.32 Å². The molecule has 0 saturated carbocycles. The summed E-state index contributed by atoms with van der Waals surface area (Å²) in [5.74, 6) is 0.664. The van der Waals surface area contributed by atoms with Gasteiger partial charge in [0.1, 0.15) is 6.04 Å². The highest BCUT2D eigenvalue weighted by atomic mass is 79.9. The molecule has 2 atom stereocenters. The number of carbonyl (C=O) groups excluding carboxylic acids is 2. The zero-order valence-electron chi connectivity index (χ0n) is 11.1. The van der Waals surface area contributed by atoms with Crippen LogP contribution in [0.5, 0.6) is 0 Å². The highest BCUT2D eigenvalue weighted by Crippen LogP contribution is 2.47. The molecular formula is C14H15BrN2O2S. The van der Waals surface area contributed by atoms with Crippen LogP contribution in [0.15, 0.2) is 28.7 Å². The average Bonchev–Trinajstić information content (AvgIpc) is 2.90. The molecule has 2 aliphatic rings. The highest BCUT2D eigenvalue weighted by Gasteiger charge is 2.52. The number of anilines is 1. The summed E-state index contributed by atoms with van der Waals surface area (Å²) in [6, 6.07) is 7.09. The predicted molar refractivity (Wildman–Crippen MR) is 83.5 cm³/mol. The van der Waals surface area contributed by atoms with Gasteiger partial charge in [-0.2, -0.15) is 0 Å². The SMILES string of the molecule is C[C@]12CCC(=O)N1[C@H](C(=O)Nc1ccc(Br)cc1)CS2. The molecule has 0 bridgehead atoms. The third-order valence-electron chi connectivity index (χ3n) is 3.86. The van der Waals surface area contributed by atoms with Crippen molar-refractivity contribution in [2.45, 2.75) is 30.7 Å². The van der Waals surface area contributed by atoms with Crippen molar-refractivity contribution in [3.63, 3.8) is 0 Å². The molecule has 2 fully saturated rings. The van der Waals surface area contributed by atoms with Gasteiger partial charge in [-0.05, 0) is 37.6 Å². The molecular weight excluding hydrogens is 340 g/mol. The lowest BCUT2D eigenvalue weighted by atomic mass is 10.2. The molecule has 2 heterocycles. The largest absolute Gasteiger partial charge is 0.324 e. The van der Waals surface area contributed by atoms with E-state index in [1.165, 1.54) is 0 Å². The van der Waals surface area contributed by atoms with Gasteiger partial charge in [0.25, 0.3) is 0 Å². The average molecular weight is 355 g/mol. The van der Waals surface area contributed by atoms with E-state index in [9.17, 15) is 9.59 Å². The summed E-state index contributed by atoms with van der Waals surface area (Å²) in [5, 5.41) is 2.89. The van der Waals surface area contributed by atoms with Crippen LogP contribution in [0.25, 0.3) is 0 Å². The van der Waals surface area contributed by atoms with Crippen molar-refractivity contribution in [2.24, 2.45) is 0 Å². The fourth-order valence-corrected chi connectivity index (χ4v) is 4.47. The fraction of sp³-hybridized carbons (Fsp3) is 0.429. The van der Waals surface area contributed by atoms with Crippen LogP contribution in [0.2, 0.25) is 0 Å². The maximum absolute atomic E-state index is 12.4. The Hall–Kier alpha value is -1.01. The lowest BCUT2D eigenvalue weighted by Crippen LogP contribution is -2.48. The van der Waals surface area contributed by atoms with Gasteiger partial charge < -0.3 is 10.2 Å². The van der Waals surface area contributed by atoms with Crippen LogP contribution in [0, 0.1) is 0 Å². The van der Waals surface area contributed by atoms with Gasteiger partial charge in [-0.15, -0.1) is 11.8 Å². The number of nitrogens with zero attached hydrogens (tertiary/aromatic N) is 1. The zero-order valence-corrected chi connectivity index (χ0v) is 13.5. The lowest BCUT2D eigenvalue weighted by molar-refractivity contribution is -0.135. The van der Waals surface area contributed by atoms with E-state index in [0.717, 1.165) is 16.6 Å². The Bertz CT molecular complexity index is 563. The first-order valence-corrected chi connectivity index (χ1v) is 8.30. The van der Waals surface area contributed by atoms with Crippen LogP contribution in [0.3, 0.4) is 0 Å². The number of fused-ring (bicyclic) bond motifs is 1. The number of amides is 2. The standard InChI is InChI=1S/C14H15BrN2O2S/c1-14-7-6-12(18)17(14)11(8-20-14)13(19)16-10-4-2-9(15)3-5-10/h2-5,11H,6-8H2,1H3,(H,16,19)/t11-,14-/m0/s1. The molecule has 1 aromatic rings. The number of halogens is 1. The Morgan fingerprint density at radius 1 is 1.45 bits per heavy atom. The zero-order chi connectivity index (χ0) is 14.3. The second-order valence-electron chi connectivity index (χ2n) is 5.26. The van der Waals surface area contributed by atoms with E-state index in [1.807, 2.05) is 24.3 Å². The van der Waals surface area contributed by atoms with Gasteiger partial charge in [0.15, 0.2) is 0 Å². The quantitative estimate of drug-likeness (QED) is 0.888. The number of hydrogen-bond donors (Lipinski definition) is 1. The smallest absolute Gasteiger partial charge is 0.248 e. The molecule has 20 heavy (non-hydrogen) atoms. The third-order valence-corrected chi connectivity index (χ3v) is 5.89. The molecule has 0 radical (unpaired) electrons. The van der Waals surface area contributed by atoms with E-state index < -0.39 is 0 Å². The highest BCUT2D eigenvalue weighted by molar-refractivity contribution is 9.10. The van der Waals surface area contributed by atoms with Crippen molar-refractivity contribution in [1.82, 2.24) is 4.90 Å². The van der Waals surface area contributed by atoms with E-state index in [1.54, 1.807) is 16.7 Å². The van der Waals surface area contributed by atoms with Crippen LogP contribution >= 0.6 is 27.7 Å². The minimum atomic E-state index is -0.358. The number of nitrogens with one attached hydrogen (secondary N) is 1. The van der Waals surface area contributed by atoms with E-state index in [-0.39, 0.29) is 22.7 Å². The molecule has 3 rings (SSSR count). The first-order valence-electron chi connectivity index (χ1n) is 6.52. The van der Waals surface area contributed by atoms with E-state index in [0.29, 0.717) is 12.2 Å². The minimum Gasteiger partial charge on any atom is -0.324 e. The number of thioether (sulfide) groups is 1. The lowest BCUT2D eigenvalue weighted by Gasteiger charge is -2.29. The van der Waals surface area contributed by atoms with Crippen molar-refractivity contribution >= 4 is 45.2 Å². The Kier molecular flexibility index (Phi) is 3.54. The Labute approximate surface area is 130 Å². The Morgan fingerprint density at radius 2 is 2.15 bits per heavy atom. The molecule has 2 saturated heterocycles. The van der Waals surface area contributed by atoms with Crippen molar-refractivity contribution in [3.05, 3.63) is 28.7 Å². The van der Waals surface area contributed by atoms with E-state index in [4.69, 9.17) is 0 Å². The first kappa shape index (κ1) is 13.9. The summed E-state index contributed by atoms with van der Waals surface area (Å²) in [7, 11) is 0. The maximum atomic E-state index is 12.4. The minimum absolute atomic E-state index is 0.0912. The molecule has 1 N–H and O–H groups in total. The Morgan fingerprint density at radius 3 is 2.85 bits per heavy atom. The van der Waals surface area contributed by atoms with Crippen molar-refractivity contribution in [3.8, 4) is 0 Å². The van der Waals surface area contributed by atoms with Gasteiger partial charge in [0.05, 0.1) is 4.87 Å². The van der Waals surface area contributed by atoms with Gasteiger partial charge in [0, 0.05) is 22.3 Å². The number of carbonyl (C=O) groups is 2. The number of rotatable bonds is 2. The van der Waals surface area contributed by atoms with E-state index in [2.05, 4.69) is 28.2 Å². The molecule has 2 aliphatic heterocycles. The Balaban J connectivity index is 1.75. The molecule has 0 unspecified atom stereocenters. The monoisotopic (exact) mass is 354 g/mol. The summed E-state index contributed by atoms with van der Waals surface area (Å²) in [6.07, 6.45) is 1.38.